The summed E-state index contributed by atoms with van der Waals surface area (Å²) in [7, 11) is 0. The van der Waals surface area contributed by atoms with Crippen molar-refractivity contribution in [3.05, 3.63) is 22.5 Å². The summed E-state index contributed by atoms with van der Waals surface area (Å²) < 4.78 is 4.82. The first kappa shape index (κ1) is 11.2. The molecule has 2 heterocycles. The van der Waals surface area contributed by atoms with Gasteiger partial charge in [0.2, 0.25) is 0 Å². The molecule has 1 aromatic heterocycles. The Balaban J connectivity index is 2.63. The third kappa shape index (κ3) is 1.65. The summed E-state index contributed by atoms with van der Waals surface area (Å²) in [5.74, 6) is -1.98. The van der Waals surface area contributed by atoms with Crippen LogP contribution in [0.25, 0.3) is 0 Å². The van der Waals surface area contributed by atoms with Crippen molar-refractivity contribution in [3.63, 3.8) is 0 Å². The van der Waals surface area contributed by atoms with Crippen LogP contribution in [0.5, 0.6) is 0 Å². The molecule has 0 aliphatic carbocycles. The van der Waals surface area contributed by atoms with Crippen molar-refractivity contribution in [1.29, 1.82) is 0 Å². The summed E-state index contributed by atoms with van der Waals surface area (Å²) >= 11 is 0. The predicted octanol–water partition coefficient (Wildman–Crippen LogP) is -0.155. The van der Waals surface area contributed by atoms with Crippen LogP contribution in [0, 0.1) is 6.92 Å². The number of aryl methyl sites for hydroxylation is 1. The van der Waals surface area contributed by atoms with Crippen molar-refractivity contribution >= 4 is 17.8 Å². The molecule has 0 bridgehead atoms. The summed E-state index contributed by atoms with van der Waals surface area (Å²) in [4.78, 5) is 34.6. The molecule has 0 radical (unpaired) electrons. The van der Waals surface area contributed by atoms with Gasteiger partial charge < -0.3 is 4.74 Å². The number of rotatable bonds is 2. The Bertz CT molecular complexity index is 539. The number of ether oxygens (including phenoxy) is 1. The second kappa shape index (κ2) is 3.93. The number of carbonyl (C=O) groups excluding carboxylic acids is 3. The van der Waals surface area contributed by atoms with E-state index in [2.05, 4.69) is 15.5 Å². The van der Waals surface area contributed by atoms with E-state index < -0.39 is 17.8 Å². The molecule has 88 valence electrons. The first-order valence-corrected chi connectivity index (χ1v) is 4.96. The molecule has 1 aliphatic heterocycles. The monoisotopic (exact) mass is 235 g/mol. The van der Waals surface area contributed by atoms with E-state index in [-0.39, 0.29) is 29.1 Å². The van der Waals surface area contributed by atoms with E-state index in [0.717, 1.165) is 0 Å². The van der Waals surface area contributed by atoms with E-state index in [4.69, 9.17) is 4.74 Å². The second-order valence-electron chi connectivity index (χ2n) is 3.39. The molecular formula is C10H9N3O4. The largest absolute Gasteiger partial charge is 0.462 e. The van der Waals surface area contributed by atoms with Crippen molar-refractivity contribution in [2.45, 2.75) is 13.8 Å². The lowest BCUT2D eigenvalue weighted by molar-refractivity contribution is 0.0521. The van der Waals surface area contributed by atoms with Crippen LogP contribution >= 0.6 is 0 Å². The van der Waals surface area contributed by atoms with Crippen LogP contribution in [-0.4, -0.2) is 34.6 Å². The van der Waals surface area contributed by atoms with E-state index >= 15 is 0 Å². The van der Waals surface area contributed by atoms with Crippen LogP contribution in [0.1, 0.15) is 43.8 Å². The summed E-state index contributed by atoms with van der Waals surface area (Å²) in [5, 5.41) is 9.34. The van der Waals surface area contributed by atoms with Gasteiger partial charge in [-0.1, -0.05) is 0 Å². The Morgan fingerprint density at radius 2 is 2.00 bits per heavy atom. The zero-order chi connectivity index (χ0) is 12.6. The number of carbonyl (C=O) groups is 3. The molecular weight excluding hydrogens is 226 g/mol. The van der Waals surface area contributed by atoms with Gasteiger partial charge in [0.25, 0.3) is 11.8 Å². The Morgan fingerprint density at radius 3 is 2.65 bits per heavy atom. The lowest BCUT2D eigenvalue weighted by Gasteiger charge is -2.06. The highest BCUT2D eigenvalue weighted by Gasteiger charge is 2.35. The van der Waals surface area contributed by atoms with Crippen molar-refractivity contribution < 1.29 is 19.1 Å². The van der Waals surface area contributed by atoms with Crippen LogP contribution in [0.15, 0.2) is 0 Å². The maximum atomic E-state index is 11.7. The molecule has 7 heteroatoms. The first-order chi connectivity index (χ1) is 8.06. The number of amides is 2. The Morgan fingerprint density at radius 1 is 1.29 bits per heavy atom. The molecule has 0 aromatic carbocycles. The van der Waals surface area contributed by atoms with Crippen LogP contribution in [0.4, 0.5) is 0 Å². The highest BCUT2D eigenvalue weighted by Crippen LogP contribution is 2.20. The van der Waals surface area contributed by atoms with Gasteiger partial charge >= 0.3 is 5.97 Å². The molecule has 0 atom stereocenters. The van der Waals surface area contributed by atoms with Gasteiger partial charge in [-0.05, 0) is 13.8 Å². The number of esters is 1. The molecule has 0 saturated heterocycles. The topological polar surface area (TPSA) is 98.2 Å². The molecule has 1 aliphatic rings. The van der Waals surface area contributed by atoms with E-state index in [1.807, 2.05) is 0 Å². The van der Waals surface area contributed by atoms with E-state index in [1.165, 1.54) is 6.92 Å². The van der Waals surface area contributed by atoms with Crippen molar-refractivity contribution in [1.82, 2.24) is 15.5 Å². The Hall–Kier alpha value is -2.31. The zero-order valence-electron chi connectivity index (χ0n) is 9.23. The minimum Gasteiger partial charge on any atom is -0.462 e. The van der Waals surface area contributed by atoms with Crippen molar-refractivity contribution in [3.8, 4) is 0 Å². The smallest absolute Gasteiger partial charge is 0.340 e. The second-order valence-corrected chi connectivity index (χ2v) is 3.39. The third-order valence-electron chi connectivity index (χ3n) is 2.30. The van der Waals surface area contributed by atoms with Crippen LogP contribution < -0.4 is 5.32 Å². The van der Waals surface area contributed by atoms with E-state index in [9.17, 15) is 14.4 Å². The van der Waals surface area contributed by atoms with Gasteiger partial charge in [-0.25, -0.2) is 4.79 Å². The standard InChI is InChI=1S/C10H9N3O4/c1-3-17-10(16)5-4(2)12-13-7-6(5)8(14)11-9(7)15/h3H2,1-2H3,(H,11,14,15). The molecule has 7 nitrogen and oxygen atoms in total. The van der Waals surface area contributed by atoms with Gasteiger partial charge in [0.05, 0.1) is 23.4 Å². The molecule has 2 amide bonds. The Kier molecular flexibility index (Phi) is 2.58. The quantitative estimate of drug-likeness (QED) is 0.565. The maximum absolute atomic E-state index is 11.7. The molecule has 0 saturated carbocycles. The van der Waals surface area contributed by atoms with Crippen LogP contribution in [0.3, 0.4) is 0 Å². The van der Waals surface area contributed by atoms with Gasteiger partial charge in [0, 0.05) is 0 Å². The summed E-state index contributed by atoms with van der Waals surface area (Å²) in [6.45, 7) is 3.34. The van der Waals surface area contributed by atoms with Gasteiger partial charge in [-0.2, -0.15) is 5.10 Å². The molecule has 0 unspecified atom stereocenters. The minimum atomic E-state index is -0.680. The lowest BCUT2D eigenvalue weighted by Crippen LogP contribution is -2.21. The summed E-state index contributed by atoms with van der Waals surface area (Å²) in [5.41, 5.74) is 0.0665. The fraction of sp³-hybridized carbons (Fsp3) is 0.300. The van der Waals surface area contributed by atoms with Gasteiger partial charge in [0.1, 0.15) is 0 Å². The fourth-order valence-corrected chi connectivity index (χ4v) is 1.58. The third-order valence-corrected chi connectivity index (χ3v) is 2.30. The van der Waals surface area contributed by atoms with Gasteiger partial charge in [-0.15, -0.1) is 5.10 Å². The normalized spacial score (nSPS) is 13.3. The SMILES string of the molecule is CCOC(=O)c1c(C)nnc2c1C(=O)NC2=O. The number of fused-ring (bicyclic) bond motifs is 1. The number of nitrogens with one attached hydrogen (secondary N) is 1. The highest BCUT2D eigenvalue weighted by molar-refractivity contribution is 6.23. The molecule has 0 spiro atoms. The zero-order valence-corrected chi connectivity index (χ0v) is 9.23. The van der Waals surface area contributed by atoms with Crippen molar-refractivity contribution in [2.24, 2.45) is 0 Å². The van der Waals surface area contributed by atoms with Crippen LogP contribution in [-0.2, 0) is 4.74 Å². The molecule has 17 heavy (non-hydrogen) atoms. The number of nitrogens with zero attached hydrogens (tertiary/aromatic N) is 2. The molecule has 2 rings (SSSR count). The predicted molar refractivity (Wildman–Crippen MR) is 54.5 cm³/mol. The lowest BCUT2D eigenvalue weighted by atomic mass is 10.1. The molecule has 1 aromatic rings. The number of hydrogen-bond acceptors (Lipinski definition) is 6. The number of hydrogen-bond donors (Lipinski definition) is 1. The maximum Gasteiger partial charge on any atom is 0.340 e. The van der Waals surface area contributed by atoms with E-state index in [1.54, 1.807) is 6.92 Å². The molecule has 0 fully saturated rings. The average Bonchev–Trinajstić information content (AvgIpc) is 2.54. The average molecular weight is 235 g/mol. The fourth-order valence-electron chi connectivity index (χ4n) is 1.58. The molecule has 1 N–H and O–H groups in total. The van der Waals surface area contributed by atoms with Crippen LogP contribution in [0.2, 0.25) is 0 Å². The number of aromatic nitrogens is 2. The van der Waals surface area contributed by atoms with Gasteiger partial charge in [-0.3, -0.25) is 14.9 Å². The van der Waals surface area contributed by atoms with Gasteiger partial charge in [0.15, 0.2) is 5.69 Å². The first-order valence-electron chi connectivity index (χ1n) is 4.96. The van der Waals surface area contributed by atoms with Crippen molar-refractivity contribution in [2.75, 3.05) is 6.61 Å². The summed E-state index contributed by atoms with van der Waals surface area (Å²) in [6.07, 6.45) is 0. The summed E-state index contributed by atoms with van der Waals surface area (Å²) in [6, 6.07) is 0. The Labute approximate surface area is 96.2 Å². The van der Waals surface area contributed by atoms with E-state index in [0.29, 0.717) is 0 Å². The number of imide groups is 1. The highest BCUT2D eigenvalue weighted by atomic mass is 16.5. The minimum absolute atomic E-state index is 0.000185.